The number of benzene rings is 2. The normalized spacial score (nSPS) is 10.7. The van der Waals surface area contributed by atoms with Crippen molar-refractivity contribution in [2.45, 2.75) is 0 Å². The van der Waals surface area contributed by atoms with Gasteiger partial charge in [0.25, 0.3) is 5.69 Å². The van der Waals surface area contributed by atoms with Crippen LogP contribution < -0.4 is 78.9 Å². The third-order valence-corrected chi connectivity index (χ3v) is 3.82. The molecule has 1 N–H and O–H groups in total. The first kappa shape index (κ1) is 25.4. The molecule has 11 nitrogen and oxygen atoms in total. The molecule has 0 radical (unpaired) electrons. The summed E-state index contributed by atoms with van der Waals surface area (Å²) in [5.74, 6) is -2.52. The number of nitro groups is 1. The third-order valence-electron chi connectivity index (χ3n) is 3.46. The van der Waals surface area contributed by atoms with Gasteiger partial charge in [-0.15, -0.1) is 5.75 Å². The summed E-state index contributed by atoms with van der Waals surface area (Å²) in [5.41, 5.74) is -2.96. The summed E-state index contributed by atoms with van der Waals surface area (Å²) in [6.07, 6.45) is 0. The predicted molar refractivity (Wildman–Crippen MR) is 85.6 cm³/mol. The van der Waals surface area contributed by atoms with E-state index in [2.05, 4.69) is 4.18 Å². The van der Waals surface area contributed by atoms with Crippen molar-refractivity contribution in [2.24, 2.45) is 0 Å². The SMILES string of the molecule is O=c1c(-c2ccc([O-])c([N+](=O)[O-])c2)c(OS(=O)(=O)O)oc2cc([O-])ccc12.[Na+].[Na+]. The average Bonchev–Trinajstić information content (AvgIpc) is 2.54. The first-order chi connectivity index (χ1) is 12.6. The van der Waals surface area contributed by atoms with E-state index < -0.39 is 49.4 Å². The van der Waals surface area contributed by atoms with E-state index >= 15 is 0 Å². The zero-order chi connectivity index (χ0) is 19.9. The van der Waals surface area contributed by atoms with Crippen LogP contribution in [-0.2, 0) is 10.4 Å². The van der Waals surface area contributed by atoms with Crippen molar-refractivity contribution in [3.8, 4) is 28.6 Å². The van der Waals surface area contributed by atoms with Crippen LogP contribution in [0.4, 0.5) is 5.69 Å². The Morgan fingerprint density at radius 2 is 1.72 bits per heavy atom. The summed E-state index contributed by atoms with van der Waals surface area (Å²) in [7, 11) is -5.14. The standard InChI is InChI=1S/C15H9NO10S.2Na/c17-8-2-3-9-12(6-8)25-15(26-27(22,23)24)13(14(9)19)7-1-4-11(18)10(5-7)16(20)21;;/h1-6,17-18H,(H,22,23,24);;/q;2*+1/p-2. The molecule has 14 heteroatoms. The summed E-state index contributed by atoms with van der Waals surface area (Å²) in [4.78, 5) is 22.7. The Morgan fingerprint density at radius 3 is 2.31 bits per heavy atom. The number of fused-ring (bicyclic) bond motifs is 1. The molecule has 1 aromatic heterocycles. The molecule has 0 atom stereocenters. The molecule has 0 aliphatic rings. The number of hydrogen-bond donors (Lipinski definition) is 1. The molecular weight excluding hydrogens is 432 g/mol. The van der Waals surface area contributed by atoms with E-state index in [0.717, 1.165) is 36.4 Å². The van der Waals surface area contributed by atoms with Crippen LogP contribution in [0.25, 0.3) is 22.1 Å². The van der Waals surface area contributed by atoms with Crippen molar-refractivity contribution >= 4 is 27.1 Å². The van der Waals surface area contributed by atoms with E-state index in [1.54, 1.807) is 0 Å². The molecule has 3 aromatic rings. The van der Waals surface area contributed by atoms with E-state index in [0.29, 0.717) is 0 Å². The molecule has 1 heterocycles. The first-order valence-electron chi connectivity index (χ1n) is 6.97. The van der Waals surface area contributed by atoms with Crippen LogP contribution in [0, 0.1) is 10.1 Å². The minimum Gasteiger partial charge on any atom is -0.872 e. The van der Waals surface area contributed by atoms with Gasteiger partial charge in [-0.25, -0.2) is 0 Å². The fourth-order valence-electron chi connectivity index (χ4n) is 2.37. The fraction of sp³-hybridized carbons (Fsp3) is 0. The zero-order valence-corrected chi connectivity index (χ0v) is 19.8. The molecule has 2 aromatic carbocycles. The van der Waals surface area contributed by atoms with E-state index in [9.17, 15) is 33.5 Å². The molecule has 140 valence electrons. The monoisotopic (exact) mass is 439 g/mol. The van der Waals surface area contributed by atoms with Crippen LogP contribution in [-0.4, -0.2) is 17.9 Å². The van der Waals surface area contributed by atoms with Crippen molar-refractivity contribution in [1.29, 1.82) is 0 Å². The van der Waals surface area contributed by atoms with Gasteiger partial charge in [0.15, 0.2) is 0 Å². The fourth-order valence-corrected chi connectivity index (χ4v) is 2.68. The summed E-state index contributed by atoms with van der Waals surface area (Å²) < 4.78 is 40.4. The van der Waals surface area contributed by atoms with Crippen LogP contribution in [0.15, 0.2) is 45.6 Å². The molecule has 0 spiro atoms. The second kappa shape index (κ2) is 9.45. The Bertz CT molecular complexity index is 1260. The van der Waals surface area contributed by atoms with Gasteiger partial charge in [-0.2, -0.15) is 8.42 Å². The number of hydrogen-bond acceptors (Lipinski definition) is 9. The molecule has 0 saturated heterocycles. The number of nitro benzene ring substituents is 1. The van der Waals surface area contributed by atoms with Gasteiger partial charge in [-0.3, -0.25) is 19.5 Å². The average molecular weight is 439 g/mol. The number of nitrogens with zero attached hydrogens (tertiary/aromatic N) is 1. The summed E-state index contributed by atoms with van der Waals surface area (Å²) in [5, 5.41) is 33.8. The smallest absolute Gasteiger partial charge is 0.872 e. The van der Waals surface area contributed by atoms with Crippen molar-refractivity contribution in [3.63, 3.8) is 0 Å². The second-order valence-corrected chi connectivity index (χ2v) is 6.22. The first-order valence-corrected chi connectivity index (χ1v) is 8.34. The van der Waals surface area contributed by atoms with E-state index in [1.807, 2.05) is 0 Å². The van der Waals surface area contributed by atoms with Crippen LogP contribution in [0.3, 0.4) is 0 Å². The van der Waals surface area contributed by atoms with Gasteiger partial charge < -0.3 is 18.8 Å². The Kier molecular flexibility index (Phi) is 8.27. The molecule has 0 bridgehead atoms. The van der Waals surface area contributed by atoms with E-state index in [1.165, 1.54) is 0 Å². The van der Waals surface area contributed by atoms with E-state index in [4.69, 9.17) is 8.97 Å². The Morgan fingerprint density at radius 1 is 1.07 bits per heavy atom. The van der Waals surface area contributed by atoms with E-state index in [-0.39, 0.29) is 75.6 Å². The Balaban J connectivity index is 0.00000210. The van der Waals surface area contributed by atoms with Crippen LogP contribution in [0.5, 0.6) is 17.4 Å². The maximum absolute atomic E-state index is 12.7. The molecule has 0 amide bonds. The van der Waals surface area contributed by atoms with Gasteiger partial charge >= 0.3 is 75.5 Å². The third kappa shape index (κ3) is 5.49. The molecule has 0 saturated carbocycles. The Hall–Kier alpha value is -1.64. The largest absolute Gasteiger partial charge is 1.00 e. The second-order valence-electron chi connectivity index (χ2n) is 5.20. The quantitative estimate of drug-likeness (QED) is 0.178. The zero-order valence-electron chi connectivity index (χ0n) is 14.9. The molecule has 0 aliphatic heterocycles. The molecule has 0 fully saturated rings. The minimum atomic E-state index is -5.14. The molecule has 3 rings (SSSR count). The van der Waals surface area contributed by atoms with Gasteiger partial charge in [-0.1, -0.05) is 18.2 Å². The van der Waals surface area contributed by atoms with Crippen molar-refractivity contribution < 1.29 is 95.8 Å². The topological polar surface area (TPSA) is 183 Å². The summed E-state index contributed by atoms with van der Waals surface area (Å²) in [6.45, 7) is 0. The summed E-state index contributed by atoms with van der Waals surface area (Å²) >= 11 is 0. The summed E-state index contributed by atoms with van der Waals surface area (Å²) in [6, 6.07) is 5.61. The van der Waals surface area contributed by atoms with Gasteiger partial charge in [0.05, 0.1) is 10.3 Å². The van der Waals surface area contributed by atoms with Gasteiger partial charge in [0.1, 0.15) is 11.1 Å². The Labute approximate surface area is 206 Å². The molecule has 29 heavy (non-hydrogen) atoms. The van der Waals surface area contributed by atoms with Gasteiger partial charge in [0, 0.05) is 6.07 Å². The van der Waals surface area contributed by atoms with Crippen molar-refractivity contribution in [1.82, 2.24) is 0 Å². The maximum atomic E-state index is 12.7. The predicted octanol–water partition coefficient (Wildman–Crippen LogP) is -5.29. The maximum Gasteiger partial charge on any atom is 1.00 e. The molecular formula is C15H7NNa2O10S. The molecule has 0 aliphatic carbocycles. The van der Waals surface area contributed by atoms with Gasteiger partial charge in [0.2, 0.25) is 5.43 Å². The van der Waals surface area contributed by atoms with Crippen molar-refractivity contribution in [2.75, 3.05) is 0 Å². The van der Waals surface area contributed by atoms with Crippen molar-refractivity contribution in [3.05, 3.63) is 56.7 Å². The van der Waals surface area contributed by atoms with Crippen LogP contribution >= 0.6 is 0 Å². The molecule has 0 unspecified atom stereocenters. The number of rotatable bonds is 4. The minimum absolute atomic E-state index is 0. The van der Waals surface area contributed by atoms with Gasteiger partial charge in [-0.05, 0) is 23.4 Å². The van der Waals surface area contributed by atoms with Crippen LogP contribution in [0.2, 0.25) is 0 Å². The van der Waals surface area contributed by atoms with Crippen LogP contribution in [0.1, 0.15) is 0 Å².